The van der Waals surface area contributed by atoms with Crippen LogP contribution in [-0.4, -0.2) is 17.6 Å². The van der Waals surface area contributed by atoms with Gasteiger partial charge in [-0.1, -0.05) is 13.3 Å². The largest absolute Gasteiger partial charge is 0.462 e. The molecule has 0 spiro atoms. The molecule has 0 amide bonds. The van der Waals surface area contributed by atoms with Crippen molar-refractivity contribution in [2.45, 2.75) is 26.7 Å². The molecular weight excluding hydrogens is 166 g/mol. The molecule has 3 heteroatoms. The zero-order chi connectivity index (χ0) is 9.68. The Morgan fingerprint density at radius 2 is 2.23 bits per heavy atom. The Kier molecular flexibility index (Phi) is 3.55. The van der Waals surface area contributed by atoms with E-state index in [1.807, 2.05) is 13.1 Å². The molecule has 3 nitrogen and oxygen atoms in total. The second-order valence-corrected chi connectivity index (χ2v) is 2.86. The van der Waals surface area contributed by atoms with Crippen LogP contribution in [0, 0.1) is 0 Å². The summed E-state index contributed by atoms with van der Waals surface area (Å²) in [5, 5.41) is 0. The van der Waals surface area contributed by atoms with Crippen molar-refractivity contribution in [3.05, 3.63) is 23.5 Å². The molecule has 0 aromatic carbocycles. The molecule has 0 saturated carbocycles. The number of nitrogens with one attached hydrogen (secondary N) is 1. The van der Waals surface area contributed by atoms with Crippen LogP contribution in [0.5, 0.6) is 0 Å². The molecule has 0 aliphatic heterocycles. The molecule has 0 aliphatic carbocycles. The van der Waals surface area contributed by atoms with E-state index in [-0.39, 0.29) is 5.97 Å². The lowest BCUT2D eigenvalue weighted by atomic mass is 10.1. The summed E-state index contributed by atoms with van der Waals surface area (Å²) in [4.78, 5) is 14.3. The maximum atomic E-state index is 11.4. The van der Waals surface area contributed by atoms with E-state index in [1.54, 1.807) is 6.20 Å². The monoisotopic (exact) mass is 181 g/mol. The molecule has 72 valence electrons. The Balaban J connectivity index is 2.74. The van der Waals surface area contributed by atoms with Crippen molar-refractivity contribution in [1.29, 1.82) is 0 Å². The quantitative estimate of drug-likeness (QED) is 0.723. The topological polar surface area (TPSA) is 42.1 Å². The number of aromatic amines is 1. The molecule has 0 fully saturated rings. The normalized spacial score (nSPS) is 10.0. The van der Waals surface area contributed by atoms with Crippen molar-refractivity contribution in [3.8, 4) is 0 Å². The molecule has 0 aliphatic rings. The molecule has 13 heavy (non-hydrogen) atoms. The van der Waals surface area contributed by atoms with Crippen LogP contribution < -0.4 is 0 Å². The smallest absolute Gasteiger partial charge is 0.339 e. The Morgan fingerprint density at radius 1 is 1.46 bits per heavy atom. The summed E-state index contributed by atoms with van der Waals surface area (Å²) >= 11 is 0. The average molecular weight is 181 g/mol. The van der Waals surface area contributed by atoms with Crippen molar-refractivity contribution in [1.82, 2.24) is 4.98 Å². The summed E-state index contributed by atoms with van der Waals surface area (Å²) in [5.74, 6) is -0.229. The van der Waals surface area contributed by atoms with Gasteiger partial charge in [0.25, 0.3) is 0 Å². The van der Waals surface area contributed by atoms with Gasteiger partial charge in [-0.15, -0.1) is 0 Å². The van der Waals surface area contributed by atoms with Crippen LogP contribution in [0.4, 0.5) is 0 Å². The third-order valence-electron chi connectivity index (χ3n) is 1.85. The van der Waals surface area contributed by atoms with Gasteiger partial charge in [-0.25, -0.2) is 4.79 Å². The highest BCUT2D eigenvalue weighted by molar-refractivity contribution is 5.90. The molecule has 0 radical (unpaired) electrons. The van der Waals surface area contributed by atoms with E-state index >= 15 is 0 Å². The number of esters is 1. The van der Waals surface area contributed by atoms with Crippen molar-refractivity contribution in [2.75, 3.05) is 6.61 Å². The summed E-state index contributed by atoms with van der Waals surface area (Å²) in [6.07, 6.45) is 5.50. The summed E-state index contributed by atoms with van der Waals surface area (Å²) in [5.41, 5.74) is 1.71. The lowest BCUT2D eigenvalue weighted by Crippen LogP contribution is -2.05. The molecule has 0 saturated heterocycles. The summed E-state index contributed by atoms with van der Waals surface area (Å²) in [6, 6.07) is 0. The van der Waals surface area contributed by atoms with Gasteiger partial charge < -0.3 is 9.72 Å². The number of aromatic nitrogens is 1. The third kappa shape index (κ3) is 2.34. The zero-order valence-corrected chi connectivity index (χ0v) is 8.09. The van der Waals surface area contributed by atoms with Gasteiger partial charge in [0.2, 0.25) is 0 Å². The molecule has 1 N–H and O–H groups in total. The van der Waals surface area contributed by atoms with Crippen LogP contribution >= 0.6 is 0 Å². The van der Waals surface area contributed by atoms with Crippen LogP contribution in [0.25, 0.3) is 0 Å². The Hall–Kier alpha value is -1.25. The lowest BCUT2D eigenvalue weighted by Gasteiger charge is -2.01. The molecule has 1 rings (SSSR count). The second-order valence-electron chi connectivity index (χ2n) is 2.86. The van der Waals surface area contributed by atoms with Crippen molar-refractivity contribution < 1.29 is 9.53 Å². The van der Waals surface area contributed by atoms with Crippen LogP contribution in [-0.2, 0) is 11.2 Å². The van der Waals surface area contributed by atoms with E-state index in [1.165, 1.54) is 0 Å². The number of carbonyl (C=O) groups is 1. The number of rotatable bonds is 4. The maximum Gasteiger partial charge on any atom is 0.339 e. The second kappa shape index (κ2) is 4.70. The van der Waals surface area contributed by atoms with Gasteiger partial charge in [0, 0.05) is 12.4 Å². The van der Waals surface area contributed by atoms with E-state index in [4.69, 9.17) is 4.74 Å². The predicted octanol–water partition coefficient (Wildman–Crippen LogP) is 2.14. The van der Waals surface area contributed by atoms with Gasteiger partial charge in [-0.3, -0.25) is 0 Å². The number of ether oxygens (including phenoxy) is 1. The van der Waals surface area contributed by atoms with Gasteiger partial charge in [0.05, 0.1) is 12.2 Å². The number of hydrogen-bond donors (Lipinski definition) is 1. The summed E-state index contributed by atoms with van der Waals surface area (Å²) in [6.45, 7) is 4.32. The number of H-pyrrole nitrogens is 1. The highest BCUT2D eigenvalue weighted by Gasteiger charge is 2.11. The van der Waals surface area contributed by atoms with E-state index in [9.17, 15) is 4.79 Å². The molecule has 0 unspecified atom stereocenters. The van der Waals surface area contributed by atoms with Gasteiger partial charge in [0.15, 0.2) is 0 Å². The predicted molar refractivity (Wildman–Crippen MR) is 50.7 cm³/mol. The van der Waals surface area contributed by atoms with Crippen molar-refractivity contribution >= 4 is 5.97 Å². The van der Waals surface area contributed by atoms with Crippen molar-refractivity contribution in [3.63, 3.8) is 0 Å². The molecular formula is C10H15NO2. The first-order valence-electron chi connectivity index (χ1n) is 4.62. The first-order chi connectivity index (χ1) is 6.29. The first kappa shape index (κ1) is 9.84. The summed E-state index contributed by atoms with van der Waals surface area (Å²) in [7, 11) is 0. The Morgan fingerprint density at radius 3 is 2.85 bits per heavy atom. The minimum absolute atomic E-state index is 0.229. The van der Waals surface area contributed by atoms with Crippen LogP contribution in [0.1, 0.15) is 36.2 Å². The van der Waals surface area contributed by atoms with E-state index < -0.39 is 0 Å². The molecule has 0 bridgehead atoms. The fraction of sp³-hybridized carbons (Fsp3) is 0.500. The number of aryl methyl sites for hydroxylation is 1. The fourth-order valence-corrected chi connectivity index (χ4v) is 1.27. The maximum absolute atomic E-state index is 11.4. The van der Waals surface area contributed by atoms with Crippen LogP contribution in [0.3, 0.4) is 0 Å². The average Bonchev–Trinajstić information content (AvgIpc) is 2.54. The summed E-state index contributed by atoms with van der Waals surface area (Å²) < 4.78 is 4.91. The van der Waals surface area contributed by atoms with Gasteiger partial charge >= 0.3 is 5.97 Å². The molecule has 1 heterocycles. The van der Waals surface area contributed by atoms with Gasteiger partial charge in [0.1, 0.15) is 0 Å². The molecule has 0 atom stereocenters. The third-order valence-corrected chi connectivity index (χ3v) is 1.85. The van der Waals surface area contributed by atoms with E-state index in [0.717, 1.165) is 18.4 Å². The number of carbonyl (C=O) groups excluding carboxylic acids is 1. The first-order valence-corrected chi connectivity index (χ1v) is 4.62. The highest BCUT2D eigenvalue weighted by atomic mass is 16.5. The number of hydrogen-bond acceptors (Lipinski definition) is 2. The Bertz CT molecular complexity index is 278. The SMILES string of the molecule is CCCc1c[nH]cc1C(=O)OCC. The van der Waals surface area contributed by atoms with Crippen molar-refractivity contribution in [2.24, 2.45) is 0 Å². The highest BCUT2D eigenvalue weighted by Crippen LogP contribution is 2.11. The van der Waals surface area contributed by atoms with Gasteiger partial charge in [-0.05, 0) is 18.9 Å². The standard InChI is InChI=1S/C10H15NO2/c1-3-5-8-6-11-7-9(8)10(12)13-4-2/h6-7,11H,3-5H2,1-2H3. The van der Waals surface area contributed by atoms with Crippen LogP contribution in [0.15, 0.2) is 12.4 Å². The lowest BCUT2D eigenvalue weighted by molar-refractivity contribution is 0.0525. The fourth-order valence-electron chi connectivity index (χ4n) is 1.27. The molecule has 1 aromatic rings. The minimum Gasteiger partial charge on any atom is -0.462 e. The minimum atomic E-state index is -0.229. The molecule has 1 aromatic heterocycles. The van der Waals surface area contributed by atoms with E-state index in [0.29, 0.717) is 12.2 Å². The zero-order valence-electron chi connectivity index (χ0n) is 8.09. The van der Waals surface area contributed by atoms with Gasteiger partial charge in [-0.2, -0.15) is 0 Å². The Labute approximate surface area is 78.1 Å². The van der Waals surface area contributed by atoms with Crippen LogP contribution in [0.2, 0.25) is 0 Å². The van der Waals surface area contributed by atoms with E-state index in [2.05, 4.69) is 11.9 Å².